The number of halogens is 1. The van der Waals surface area contributed by atoms with Crippen molar-refractivity contribution < 1.29 is 14.5 Å². The number of benzene rings is 1. The summed E-state index contributed by atoms with van der Waals surface area (Å²) in [5, 5.41) is 15.6. The number of aromatic nitrogens is 2. The Morgan fingerprint density at radius 1 is 1.41 bits per heavy atom. The Labute approximate surface area is 131 Å². The highest BCUT2D eigenvalue weighted by Crippen LogP contribution is 2.23. The molecule has 0 aliphatic rings. The van der Waals surface area contributed by atoms with Gasteiger partial charge >= 0.3 is 11.7 Å². The van der Waals surface area contributed by atoms with E-state index < -0.39 is 10.9 Å². The van der Waals surface area contributed by atoms with E-state index in [1.807, 2.05) is 0 Å². The lowest BCUT2D eigenvalue weighted by molar-refractivity contribution is -0.386. The molecule has 1 aromatic heterocycles. The third-order valence-electron chi connectivity index (χ3n) is 3.12. The van der Waals surface area contributed by atoms with E-state index in [1.54, 1.807) is 31.3 Å². The van der Waals surface area contributed by atoms with Crippen molar-refractivity contribution in [2.75, 3.05) is 0 Å². The second-order valence-electron chi connectivity index (χ2n) is 4.73. The summed E-state index contributed by atoms with van der Waals surface area (Å²) in [6.07, 6.45) is 0.0712. The Bertz CT molecular complexity index is 710. The fourth-order valence-electron chi connectivity index (χ4n) is 2.06. The van der Waals surface area contributed by atoms with Gasteiger partial charge in [-0.05, 0) is 24.6 Å². The number of rotatable bonds is 5. The van der Waals surface area contributed by atoms with Crippen LogP contribution in [0.4, 0.5) is 5.69 Å². The molecule has 2 rings (SSSR count). The summed E-state index contributed by atoms with van der Waals surface area (Å²) in [5.74, 6) is -0.476. The lowest BCUT2D eigenvalue weighted by Crippen LogP contribution is -2.11. The molecule has 7 nitrogen and oxygen atoms in total. The van der Waals surface area contributed by atoms with E-state index in [-0.39, 0.29) is 30.1 Å². The normalized spacial score (nSPS) is 10.5. The molecular formula is C14H14ClN3O4. The van der Waals surface area contributed by atoms with Crippen molar-refractivity contribution in [3.63, 3.8) is 0 Å². The van der Waals surface area contributed by atoms with E-state index in [1.165, 1.54) is 11.6 Å². The predicted octanol–water partition coefficient (Wildman–Crippen LogP) is 2.58. The zero-order valence-corrected chi connectivity index (χ0v) is 12.8. The van der Waals surface area contributed by atoms with Gasteiger partial charge in [-0.3, -0.25) is 19.6 Å². The van der Waals surface area contributed by atoms with Gasteiger partial charge in [0.15, 0.2) is 5.69 Å². The van der Waals surface area contributed by atoms with Crippen LogP contribution < -0.4 is 0 Å². The molecule has 0 N–H and O–H groups in total. The van der Waals surface area contributed by atoms with Crippen molar-refractivity contribution in [2.24, 2.45) is 7.05 Å². The molecule has 0 unspecified atom stereocenters. The second-order valence-corrected chi connectivity index (χ2v) is 5.16. The molecule has 0 atom stereocenters. The number of aryl methyl sites for hydroxylation is 2. The zero-order valence-electron chi connectivity index (χ0n) is 12.1. The van der Waals surface area contributed by atoms with Gasteiger partial charge < -0.3 is 4.74 Å². The van der Waals surface area contributed by atoms with Crippen LogP contribution in [0.15, 0.2) is 24.3 Å². The maximum Gasteiger partial charge on any atom is 0.316 e. The van der Waals surface area contributed by atoms with Crippen molar-refractivity contribution >= 4 is 23.3 Å². The maximum absolute atomic E-state index is 11.8. The molecule has 0 aliphatic heterocycles. The lowest BCUT2D eigenvalue weighted by atomic mass is 10.1. The molecule has 0 spiro atoms. The molecule has 0 saturated carbocycles. The van der Waals surface area contributed by atoms with E-state index in [9.17, 15) is 14.9 Å². The van der Waals surface area contributed by atoms with E-state index in [0.717, 1.165) is 5.56 Å². The van der Waals surface area contributed by atoms with Gasteiger partial charge in [-0.15, -0.1) is 0 Å². The van der Waals surface area contributed by atoms with Crippen LogP contribution >= 0.6 is 11.6 Å². The van der Waals surface area contributed by atoms with Crippen LogP contribution in [0.3, 0.4) is 0 Å². The predicted molar refractivity (Wildman–Crippen MR) is 79.6 cm³/mol. The van der Waals surface area contributed by atoms with Crippen LogP contribution in [0, 0.1) is 17.0 Å². The van der Waals surface area contributed by atoms with Gasteiger partial charge in [0.05, 0.1) is 11.3 Å². The highest BCUT2D eigenvalue weighted by molar-refractivity contribution is 6.30. The molecule has 116 valence electrons. The molecule has 2 aromatic rings. The number of nitro groups is 1. The van der Waals surface area contributed by atoms with Crippen LogP contribution in [0.5, 0.6) is 0 Å². The molecule has 22 heavy (non-hydrogen) atoms. The summed E-state index contributed by atoms with van der Waals surface area (Å²) in [5.41, 5.74) is 1.18. The fraction of sp³-hybridized carbons (Fsp3) is 0.286. The van der Waals surface area contributed by atoms with Crippen molar-refractivity contribution in [2.45, 2.75) is 20.0 Å². The first kappa shape index (κ1) is 16.0. The molecule has 0 bridgehead atoms. The first-order chi connectivity index (χ1) is 10.4. The van der Waals surface area contributed by atoms with Crippen LogP contribution in [0.25, 0.3) is 0 Å². The van der Waals surface area contributed by atoms with Crippen LogP contribution in [-0.4, -0.2) is 20.7 Å². The minimum Gasteiger partial charge on any atom is -0.459 e. The fourth-order valence-corrected chi connectivity index (χ4v) is 2.19. The lowest BCUT2D eigenvalue weighted by Gasteiger charge is -2.05. The van der Waals surface area contributed by atoms with E-state index in [2.05, 4.69) is 5.10 Å². The van der Waals surface area contributed by atoms with Gasteiger partial charge in [0.2, 0.25) is 0 Å². The Kier molecular flexibility index (Phi) is 4.77. The van der Waals surface area contributed by atoms with Gasteiger partial charge in [-0.2, -0.15) is 5.10 Å². The van der Waals surface area contributed by atoms with Crippen molar-refractivity contribution in [1.82, 2.24) is 9.78 Å². The largest absolute Gasteiger partial charge is 0.459 e. The molecular weight excluding hydrogens is 310 g/mol. The van der Waals surface area contributed by atoms with E-state index in [4.69, 9.17) is 16.3 Å². The van der Waals surface area contributed by atoms with Crippen molar-refractivity contribution in [1.29, 1.82) is 0 Å². The van der Waals surface area contributed by atoms with Gasteiger partial charge in [-0.25, -0.2) is 0 Å². The van der Waals surface area contributed by atoms with Crippen molar-refractivity contribution in [3.8, 4) is 0 Å². The topological polar surface area (TPSA) is 87.3 Å². The first-order valence-corrected chi connectivity index (χ1v) is 6.83. The zero-order chi connectivity index (χ0) is 16.3. The van der Waals surface area contributed by atoms with Gasteiger partial charge in [0, 0.05) is 12.1 Å². The smallest absolute Gasteiger partial charge is 0.316 e. The Morgan fingerprint density at radius 3 is 2.64 bits per heavy atom. The third kappa shape index (κ3) is 3.62. The summed E-state index contributed by atoms with van der Waals surface area (Å²) < 4.78 is 6.46. The molecule has 8 heteroatoms. The van der Waals surface area contributed by atoms with E-state index >= 15 is 0 Å². The number of carbonyl (C=O) groups is 1. The summed E-state index contributed by atoms with van der Waals surface area (Å²) >= 11 is 5.77. The molecule has 0 radical (unpaired) electrons. The molecule has 1 aromatic carbocycles. The molecule has 1 heterocycles. The third-order valence-corrected chi connectivity index (χ3v) is 3.37. The number of hydrogen-bond acceptors (Lipinski definition) is 5. The highest BCUT2D eigenvalue weighted by atomic mass is 35.5. The van der Waals surface area contributed by atoms with Gasteiger partial charge in [-0.1, -0.05) is 23.7 Å². The molecule has 0 saturated heterocycles. The Hall–Kier alpha value is -2.41. The van der Waals surface area contributed by atoms with Gasteiger partial charge in [0.25, 0.3) is 0 Å². The summed E-state index contributed by atoms with van der Waals surface area (Å²) in [6, 6.07) is 6.81. The monoisotopic (exact) mass is 323 g/mol. The number of carbonyl (C=O) groups excluding carboxylic acids is 1. The SMILES string of the molecule is Cc1nn(C)c(COC(=O)Cc2ccc(Cl)cc2)c1[N+](=O)[O-]. The molecule has 0 fully saturated rings. The average Bonchev–Trinajstić information content (AvgIpc) is 2.73. The summed E-state index contributed by atoms with van der Waals surface area (Å²) in [4.78, 5) is 22.3. The highest BCUT2D eigenvalue weighted by Gasteiger charge is 2.24. The standard InChI is InChI=1S/C14H14ClN3O4/c1-9-14(18(20)21)12(17(2)16-9)8-22-13(19)7-10-3-5-11(15)6-4-10/h3-6H,7-8H2,1-2H3. The summed E-state index contributed by atoms with van der Waals surface area (Å²) in [6.45, 7) is 1.34. The number of esters is 1. The number of nitrogens with zero attached hydrogens (tertiary/aromatic N) is 3. The first-order valence-electron chi connectivity index (χ1n) is 6.45. The Morgan fingerprint density at radius 2 is 2.05 bits per heavy atom. The average molecular weight is 324 g/mol. The van der Waals surface area contributed by atoms with Crippen LogP contribution in [-0.2, 0) is 29.6 Å². The molecule has 0 amide bonds. The number of ether oxygens (including phenoxy) is 1. The second kappa shape index (κ2) is 6.57. The van der Waals surface area contributed by atoms with Crippen molar-refractivity contribution in [3.05, 3.63) is 56.4 Å². The summed E-state index contributed by atoms with van der Waals surface area (Å²) in [7, 11) is 1.57. The van der Waals surface area contributed by atoms with E-state index in [0.29, 0.717) is 5.02 Å². The van der Waals surface area contributed by atoms with Gasteiger partial charge in [0.1, 0.15) is 12.3 Å². The number of hydrogen-bond donors (Lipinski definition) is 0. The van der Waals surface area contributed by atoms with Crippen LogP contribution in [0.2, 0.25) is 5.02 Å². The Balaban J connectivity index is 2.02. The minimum atomic E-state index is -0.523. The molecule has 0 aliphatic carbocycles. The van der Waals surface area contributed by atoms with Crippen LogP contribution in [0.1, 0.15) is 17.0 Å². The minimum absolute atomic E-state index is 0.0712. The maximum atomic E-state index is 11.8. The quantitative estimate of drug-likeness (QED) is 0.479.